The van der Waals surface area contributed by atoms with E-state index in [1.54, 1.807) is 35.9 Å². The highest BCUT2D eigenvalue weighted by Gasteiger charge is 2.34. The Balaban J connectivity index is 1.45. The van der Waals surface area contributed by atoms with Gasteiger partial charge in [0, 0.05) is 31.1 Å². The number of anilines is 1. The van der Waals surface area contributed by atoms with Crippen LogP contribution in [0.25, 0.3) is 11.0 Å². The molecule has 1 aliphatic rings. The number of aryl methyl sites for hydroxylation is 1. The van der Waals surface area contributed by atoms with Gasteiger partial charge in [0.15, 0.2) is 0 Å². The summed E-state index contributed by atoms with van der Waals surface area (Å²) in [4.78, 5) is 29.2. The average molecular weight is 491 g/mol. The summed E-state index contributed by atoms with van der Waals surface area (Å²) in [6.07, 6.45) is 0.697. The average Bonchev–Trinajstić information content (AvgIpc) is 3.12. The molecule has 0 bridgehead atoms. The van der Waals surface area contributed by atoms with E-state index in [1.807, 2.05) is 6.07 Å². The number of carbonyl (C=O) groups excluding carboxylic acids is 2. The van der Waals surface area contributed by atoms with Gasteiger partial charge in [0.25, 0.3) is 0 Å². The minimum absolute atomic E-state index is 0.0122. The van der Waals surface area contributed by atoms with E-state index < -0.39 is 16.0 Å². The van der Waals surface area contributed by atoms with Crippen molar-refractivity contribution >= 4 is 50.5 Å². The molecule has 0 spiro atoms. The van der Waals surface area contributed by atoms with Gasteiger partial charge in [-0.1, -0.05) is 23.7 Å². The first-order valence-electron chi connectivity index (χ1n) is 10.3. The first-order valence-corrected chi connectivity index (χ1v) is 12.1. The zero-order valence-electron chi connectivity index (χ0n) is 18.1. The molecule has 1 N–H and O–H groups in total. The van der Waals surface area contributed by atoms with Gasteiger partial charge in [-0.2, -0.15) is 4.31 Å². The summed E-state index contributed by atoms with van der Waals surface area (Å²) < 4.78 is 34.1. The van der Waals surface area contributed by atoms with E-state index in [2.05, 4.69) is 10.3 Å². The number of esters is 1. The van der Waals surface area contributed by atoms with Crippen molar-refractivity contribution in [2.24, 2.45) is 13.0 Å². The Hall–Kier alpha value is -2.95. The van der Waals surface area contributed by atoms with Gasteiger partial charge in [0.05, 0.1) is 28.6 Å². The van der Waals surface area contributed by atoms with Gasteiger partial charge in [-0.25, -0.2) is 18.2 Å². The fourth-order valence-corrected chi connectivity index (χ4v) is 5.78. The Morgan fingerprint density at radius 2 is 1.85 bits per heavy atom. The predicted octanol–water partition coefficient (Wildman–Crippen LogP) is 3.05. The van der Waals surface area contributed by atoms with Crippen LogP contribution in [0.4, 0.5) is 5.95 Å². The van der Waals surface area contributed by atoms with Crippen LogP contribution in [-0.2, 0) is 26.6 Å². The zero-order chi connectivity index (χ0) is 23.8. The molecule has 11 heteroatoms. The number of hydrogen-bond donors (Lipinski definition) is 1. The standard InChI is InChI=1S/C22H23ClN4O5S/c1-26-18-8-7-15(23)13-17(18)24-22(26)25-20(28)14-9-11-27(12-10-14)33(30,31)19-6-4-3-5-16(19)21(29)32-2/h3-8,13-14H,9-12H2,1-2H3,(H,24,25,28). The van der Waals surface area contributed by atoms with Crippen LogP contribution in [-0.4, -0.2) is 54.3 Å². The van der Waals surface area contributed by atoms with Crippen LogP contribution in [0.1, 0.15) is 23.2 Å². The first kappa shape index (κ1) is 23.2. The number of nitrogens with zero attached hydrogens (tertiary/aromatic N) is 3. The molecule has 0 atom stereocenters. The van der Waals surface area contributed by atoms with Crippen molar-refractivity contribution in [3.63, 3.8) is 0 Å². The van der Waals surface area contributed by atoms with Crippen LogP contribution < -0.4 is 5.32 Å². The molecule has 2 aromatic carbocycles. The number of nitrogens with one attached hydrogen (secondary N) is 1. The highest BCUT2D eigenvalue weighted by atomic mass is 35.5. The predicted molar refractivity (Wildman–Crippen MR) is 124 cm³/mol. The number of aromatic nitrogens is 2. The lowest BCUT2D eigenvalue weighted by Crippen LogP contribution is -2.42. The minimum Gasteiger partial charge on any atom is -0.465 e. The van der Waals surface area contributed by atoms with Gasteiger partial charge in [0.1, 0.15) is 0 Å². The van der Waals surface area contributed by atoms with Gasteiger partial charge in [-0.15, -0.1) is 0 Å². The fourth-order valence-electron chi connectivity index (χ4n) is 3.96. The highest BCUT2D eigenvalue weighted by molar-refractivity contribution is 7.89. The van der Waals surface area contributed by atoms with Crippen molar-refractivity contribution in [3.05, 3.63) is 53.1 Å². The number of methoxy groups -OCH3 is 1. The quantitative estimate of drug-likeness (QED) is 0.550. The largest absolute Gasteiger partial charge is 0.465 e. The summed E-state index contributed by atoms with van der Waals surface area (Å²) in [5.41, 5.74) is 1.49. The number of rotatable bonds is 5. The monoisotopic (exact) mass is 490 g/mol. The summed E-state index contributed by atoms with van der Waals surface area (Å²) in [6, 6.07) is 11.3. The summed E-state index contributed by atoms with van der Waals surface area (Å²) in [5.74, 6) is -0.895. The lowest BCUT2D eigenvalue weighted by Gasteiger charge is -2.30. The normalized spacial score (nSPS) is 15.5. The van der Waals surface area contributed by atoms with E-state index in [1.165, 1.54) is 23.5 Å². The number of carbonyl (C=O) groups is 2. The van der Waals surface area contributed by atoms with Crippen molar-refractivity contribution in [1.29, 1.82) is 0 Å². The molecule has 0 unspecified atom stereocenters. The van der Waals surface area contributed by atoms with Crippen LogP contribution in [0.3, 0.4) is 0 Å². The van der Waals surface area contributed by atoms with Crippen molar-refractivity contribution < 1.29 is 22.7 Å². The molecule has 0 radical (unpaired) electrons. The highest BCUT2D eigenvalue weighted by Crippen LogP contribution is 2.28. The second-order valence-electron chi connectivity index (χ2n) is 7.78. The third kappa shape index (κ3) is 4.46. The van der Waals surface area contributed by atoms with Crippen molar-refractivity contribution in [1.82, 2.24) is 13.9 Å². The first-order chi connectivity index (χ1) is 15.7. The lowest BCUT2D eigenvalue weighted by molar-refractivity contribution is -0.121. The Morgan fingerprint density at radius 1 is 1.15 bits per heavy atom. The summed E-state index contributed by atoms with van der Waals surface area (Å²) >= 11 is 6.02. The van der Waals surface area contributed by atoms with E-state index in [0.717, 1.165) is 5.52 Å². The Labute approximate surface area is 196 Å². The maximum Gasteiger partial charge on any atom is 0.339 e. The molecule has 2 heterocycles. The van der Waals surface area contributed by atoms with Gasteiger partial charge in [-0.3, -0.25) is 10.1 Å². The number of piperidine rings is 1. The number of fused-ring (bicyclic) bond motifs is 1. The molecule has 4 rings (SSSR count). The third-order valence-corrected chi connectivity index (χ3v) is 8.00. The van der Waals surface area contributed by atoms with Gasteiger partial charge >= 0.3 is 5.97 Å². The number of ether oxygens (including phenoxy) is 1. The van der Waals surface area contributed by atoms with E-state index in [9.17, 15) is 18.0 Å². The lowest BCUT2D eigenvalue weighted by atomic mass is 9.97. The van der Waals surface area contributed by atoms with Gasteiger partial charge < -0.3 is 9.30 Å². The molecule has 3 aromatic rings. The van der Waals surface area contributed by atoms with E-state index >= 15 is 0 Å². The Kier molecular flexibility index (Phi) is 6.42. The van der Waals surface area contributed by atoms with Crippen molar-refractivity contribution in [2.45, 2.75) is 17.7 Å². The van der Waals surface area contributed by atoms with Crippen LogP contribution in [0.2, 0.25) is 5.02 Å². The molecular weight excluding hydrogens is 468 g/mol. The number of benzene rings is 2. The molecule has 33 heavy (non-hydrogen) atoms. The van der Waals surface area contributed by atoms with Gasteiger partial charge in [0.2, 0.25) is 21.9 Å². The second kappa shape index (κ2) is 9.12. The molecular formula is C22H23ClN4O5S. The molecule has 174 valence electrons. The fraction of sp³-hybridized carbons (Fsp3) is 0.318. The summed E-state index contributed by atoms with van der Waals surface area (Å²) in [7, 11) is -0.910. The zero-order valence-corrected chi connectivity index (χ0v) is 19.7. The maximum absolute atomic E-state index is 13.2. The summed E-state index contributed by atoms with van der Waals surface area (Å²) in [6.45, 7) is 0.322. The molecule has 0 saturated carbocycles. The number of sulfonamides is 1. The van der Waals surface area contributed by atoms with Crippen molar-refractivity contribution in [2.75, 3.05) is 25.5 Å². The Morgan fingerprint density at radius 3 is 2.55 bits per heavy atom. The van der Waals surface area contributed by atoms with E-state index in [-0.39, 0.29) is 35.4 Å². The topological polar surface area (TPSA) is 111 Å². The number of imidazole rings is 1. The Bertz CT molecular complexity index is 1330. The number of halogens is 1. The second-order valence-corrected chi connectivity index (χ2v) is 10.1. The van der Waals surface area contributed by atoms with Crippen LogP contribution in [0.15, 0.2) is 47.4 Å². The molecule has 0 aliphatic carbocycles. The SMILES string of the molecule is COC(=O)c1ccccc1S(=O)(=O)N1CCC(C(=O)Nc2nc3cc(Cl)ccc3n2C)CC1. The maximum atomic E-state index is 13.2. The molecule has 1 saturated heterocycles. The molecule has 1 amide bonds. The van der Waals surface area contributed by atoms with E-state index in [4.69, 9.17) is 16.3 Å². The minimum atomic E-state index is -3.91. The summed E-state index contributed by atoms with van der Waals surface area (Å²) in [5, 5.41) is 3.40. The van der Waals surface area contributed by atoms with Gasteiger partial charge in [-0.05, 0) is 43.2 Å². The van der Waals surface area contributed by atoms with E-state index in [0.29, 0.717) is 29.3 Å². The molecule has 9 nitrogen and oxygen atoms in total. The smallest absolute Gasteiger partial charge is 0.339 e. The molecule has 1 aliphatic heterocycles. The molecule has 1 aromatic heterocycles. The third-order valence-electron chi connectivity index (χ3n) is 5.81. The molecule has 1 fully saturated rings. The van der Waals surface area contributed by atoms with Crippen LogP contribution in [0, 0.1) is 5.92 Å². The van der Waals surface area contributed by atoms with Crippen LogP contribution in [0.5, 0.6) is 0 Å². The number of hydrogen-bond acceptors (Lipinski definition) is 6. The van der Waals surface area contributed by atoms with Crippen LogP contribution >= 0.6 is 11.6 Å². The van der Waals surface area contributed by atoms with Crippen molar-refractivity contribution in [3.8, 4) is 0 Å². The number of amides is 1.